The molecule has 3 unspecified atom stereocenters. The van der Waals surface area contributed by atoms with Gasteiger partial charge < -0.3 is 5.32 Å². The molecule has 102 valence electrons. The van der Waals surface area contributed by atoms with Crippen molar-refractivity contribution in [3.8, 4) is 0 Å². The van der Waals surface area contributed by atoms with Crippen molar-refractivity contribution < 1.29 is 0 Å². The lowest BCUT2D eigenvalue weighted by molar-refractivity contribution is 0.112. The fourth-order valence-corrected chi connectivity index (χ4v) is 3.82. The van der Waals surface area contributed by atoms with Gasteiger partial charge in [0.1, 0.15) is 0 Å². The Bertz CT molecular complexity index is 336. The molecular weight excluding hydrogens is 240 g/mol. The van der Waals surface area contributed by atoms with E-state index < -0.39 is 0 Å². The third-order valence-electron chi connectivity index (χ3n) is 4.10. The zero-order chi connectivity index (χ0) is 13.0. The van der Waals surface area contributed by atoms with Crippen molar-refractivity contribution in [2.45, 2.75) is 45.7 Å². The fourth-order valence-electron chi connectivity index (χ4n) is 2.99. The summed E-state index contributed by atoms with van der Waals surface area (Å²) in [7, 11) is 0. The molecule has 0 radical (unpaired) electrons. The second-order valence-electron chi connectivity index (χ2n) is 5.56. The molecule has 0 spiro atoms. The Morgan fingerprint density at radius 3 is 3.00 bits per heavy atom. The van der Waals surface area contributed by atoms with Crippen LogP contribution >= 0.6 is 11.3 Å². The summed E-state index contributed by atoms with van der Waals surface area (Å²) < 4.78 is 0. The maximum Gasteiger partial charge on any atom is 0.0117 e. The average molecular weight is 266 g/mol. The molecule has 1 saturated heterocycles. The second-order valence-corrected chi connectivity index (χ2v) is 6.59. The molecule has 1 aliphatic heterocycles. The number of rotatable bonds is 5. The lowest BCUT2D eigenvalue weighted by atomic mass is 9.92. The Balaban J connectivity index is 1.84. The summed E-state index contributed by atoms with van der Waals surface area (Å²) in [4.78, 5) is 4.18. The summed E-state index contributed by atoms with van der Waals surface area (Å²) in [6, 6.07) is 5.82. The largest absolute Gasteiger partial charge is 0.314 e. The molecule has 1 fully saturated rings. The van der Waals surface area contributed by atoms with Crippen molar-refractivity contribution in [2.24, 2.45) is 5.92 Å². The highest BCUT2D eigenvalue weighted by Gasteiger charge is 2.27. The molecule has 0 aliphatic carbocycles. The van der Waals surface area contributed by atoms with Crippen molar-refractivity contribution in [1.29, 1.82) is 0 Å². The van der Waals surface area contributed by atoms with E-state index in [4.69, 9.17) is 0 Å². The van der Waals surface area contributed by atoms with Gasteiger partial charge in [0.25, 0.3) is 0 Å². The predicted octanol–water partition coefficient (Wildman–Crippen LogP) is 3.00. The Hall–Kier alpha value is -0.380. The molecule has 0 bridgehead atoms. The van der Waals surface area contributed by atoms with Crippen LogP contribution in [0.25, 0.3) is 0 Å². The highest BCUT2D eigenvalue weighted by atomic mass is 32.1. The van der Waals surface area contributed by atoms with Crippen molar-refractivity contribution in [1.82, 2.24) is 10.2 Å². The van der Waals surface area contributed by atoms with Crippen molar-refractivity contribution in [3.05, 3.63) is 22.4 Å². The van der Waals surface area contributed by atoms with E-state index in [1.54, 1.807) is 0 Å². The standard InChI is InChI=1S/C15H26N2S/c1-4-16-15-7-8-17(11-12(15)2)13(3)10-14-6-5-9-18-14/h5-6,9,12-13,15-16H,4,7-8,10-11H2,1-3H3. The lowest BCUT2D eigenvalue weighted by Gasteiger charge is -2.40. The summed E-state index contributed by atoms with van der Waals surface area (Å²) in [6.07, 6.45) is 2.50. The van der Waals surface area contributed by atoms with Gasteiger partial charge in [0.2, 0.25) is 0 Å². The predicted molar refractivity (Wildman–Crippen MR) is 80.3 cm³/mol. The molecule has 1 aliphatic rings. The van der Waals surface area contributed by atoms with E-state index in [1.165, 1.54) is 30.8 Å². The first-order chi connectivity index (χ1) is 8.70. The number of nitrogens with zero attached hydrogens (tertiary/aromatic N) is 1. The molecule has 0 amide bonds. The zero-order valence-electron chi connectivity index (χ0n) is 11.9. The number of hydrogen-bond acceptors (Lipinski definition) is 3. The van der Waals surface area contributed by atoms with Crippen molar-refractivity contribution in [3.63, 3.8) is 0 Å². The van der Waals surface area contributed by atoms with E-state index in [9.17, 15) is 0 Å². The van der Waals surface area contributed by atoms with E-state index in [1.807, 2.05) is 11.3 Å². The first-order valence-electron chi connectivity index (χ1n) is 7.20. The molecule has 2 heterocycles. The molecule has 3 atom stereocenters. The molecule has 3 heteroatoms. The smallest absolute Gasteiger partial charge is 0.0117 e. The van der Waals surface area contributed by atoms with E-state index >= 15 is 0 Å². The van der Waals surface area contributed by atoms with Crippen molar-refractivity contribution in [2.75, 3.05) is 19.6 Å². The van der Waals surface area contributed by atoms with Gasteiger partial charge in [-0.2, -0.15) is 0 Å². The number of nitrogens with one attached hydrogen (secondary N) is 1. The maximum atomic E-state index is 3.61. The summed E-state index contributed by atoms with van der Waals surface area (Å²) in [6.45, 7) is 10.5. The van der Waals surface area contributed by atoms with Gasteiger partial charge >= 0.3 is 0 Å². The lowest BCUT2D eigenvalue weighted by Crippen LogP contribution is -2.51. The minimum atomic E-state index is 0.675. The van der Waals surface area contributed by atoms with Gasteiger partial charge in [-0.05, 0) is 50.2 Å². The van der Waals surface area contributed by atoms with Gasteiger partial charge in [-0.15, -0.1) is 11.3 Å². The molecule has 2 rings (SSSR count). The van der Waals surface area contributed by atoms with Gasteiger partial charge in [0, 0.05) is 23.5 Å². The van der Waals surface area contributed by atoms with Crippen LogP contribution < -0.4 is 5.32 Å². The highest BCUT2D eigenvalue weighted by molar-refractivity contribution is 7.09. The molecule has 0 saturated carbocycles. The summed E-state index contributed by atoms with van der Waals surface area (Å²) in [5.74, 6) is 0.768. The van der Waals surface area contributed by atoms with Crippen LogP contribution in [-0.4, -0.2) is 36.6 Å². The fraction of sp³-hybridized carbons (Fsp3) is 0.733. The van der Waals surface area contributed by atoms with Gasteiger partial charge in [-0.1, -0.05) is 19.9 Å². The molecule has 0 aromatic carbocycles. The Morgan fingerprint density at radius 1 is 1.56 bits per heavy atom. The van der Waals surface area contributed by atoms with E-state index in [0.29, 0.717) is 6.04 Å². The SMILES string of the molecule is CCNC1CCN(C(C)Cc2cccs2)CC1C. The van der Waals surface area contributed by atoms with Crippen LogP contribution in [0.3, 0.4) is 0 Å². The van der Waals surface area contributed by atoms with Crippen LogP contribution in [0, 0.1) is 5.92 Å². The van der Waals surface area contributed by atoms with Gasteiger partial charge in [0.05, 0.1) is 0 Å². The molecule has 1 aromatic heterocycles. The monoisotopic (exact) mass is 266 g/mol. The normalized spacial score (nSPS) is 27.3. The third kappa shape index (κ3) is 3.56. The topological polar surface area (TPSA) is 15.3 Å². The van der Waals surface area contributed by atoms with E-state index in [2.05, 4.69) is 48.5 Å². The third-order valence-corrected chi connectivity index (χ3v) is 5.00. The first kappa shape index (κ1) is 14.0. The van der Waals surface area contributed by atoms with Crippen LogP contribution in [0.5, 0.6) is 0 Å². The van der Waals surface area contributed by atoms with Crippen molar-refractivity contribution >= 4 is 11.3 Å². The van der Waals surface area contributed by atoms with Crippen LogP contribution in [0.15, 0.2) is 17.5 Å². The number of piperidine rings is 1. The summed E-state index contributed by atoms with van der Waals surface area (Å²) in [5, 5.41) is 5.80. The molecular formula is C15H26N2S. The van der Waals surface area contributed by atoms with Crippen LogP contribution in [0.1, 0.15) is 32.1 Å². The molecule has 18 heavy (non-hydrogen) atoms. The van der Waals surface area contributed by atoms with E-state index in [0.717, 1.165) is 18.5 Å². The number of likely N-dealkylation sites (tertiary alicyclic amines) is 1. The molecule has 1 N–H and O–H groups in total. The summed E-state index contributed by atoms with van der Waals surface area (Å²) >= 11 is 1.89. The van der Waals surface area contributed by atoms with Crippen LogP contribution in [0.2, 0.25) is 0 Å². The average Bonchev–Trinajstić information content (AvgIpc) is 2.84. The molecule has 1 aromatic rings. The zero-order valence-corrected chi connectivity index (χ0v) is 12.7. The minimum absolute atomic E-state index is 0.675. The maximum absolute atomic E-state index is 3.61. The minimum Gasteiger partial charge on any atom is -0.314 e. The van der Waals surface area contributed by atoms with Gasteiger partial charge in [-0.3, -0.25) is 4.90 Å². The quantitative estimate of drug-likeness (QED) is 0.881. The van der Waals surface area contributed by atoms with Crippen LogP contribution in [-0.2, 0) is 6.42 Å². The van der Waals surface area contributed by atoms with E-state index in [-0.39, 0.29) is 0 Å². The number of hydrogen-bond donors (Lipinski definition) is 1. The Labute approximate surface area is 115 Å². The van der Waals surface area contributed by atoms with Gasteiger partial charge in [-0.25, -0.2) is 0 Å². The van der Waals surface area contributed by atoms with Gasteiger partial charge in [0.15, 0.2) is 0 Å². The highest BCUT2D eigenvalue weighted by Crippen LogP contribution is 2.21. The molecule has 2 nitrogen and oxygen atoms in total. The Kier molecular flexibility index (Phi) is 5.22. The Morgan fingerprint density at radius 2 is 2.39 bits per heavy atom. The summed E-state index contributed by atoms with van der Waals surface area (Å²) in [5.41, 5.74) is 0. The first-order valence-corrected chi connectivity index (χ1v) is 8.08. The number of thiophene rings is 1. The second kappa shape index (κ2) is 6.69. The van der Waals surface area contributed by atoms with Crippen LogP contribution in [0.4, 0.5) is 0 Å².